The lowest BCUT2D eigenvalue weighted by molar-refractivity contribution is 0.285. The van der Waals surface area contributed by atoms with E-state index in [9.17, 15) is 4.79 Å². The fourth-order valence-corrected chi connectivity index (χ4v) is 5.58. The molecule has 0 amide bonds. The quantitative estimate of drug-likeness (QED) is 0.149. The number of rotatable bonds is 9. The lowest BCUT2D eigenvalue weighted by Gasteiger charge is -2.17. The summed E-state index contributed by atoms with van der Waals surface area (Å²) >= 11 is 19.0. The van der Waals surface area contributed by atoms with E-state index >= 15 is 0 Å². The molecule has 1 aromatic heterocycles. The molecule has 0 aliphatic rings. The number of methoxy groups -OCH3 is 2. The van der Waals surface area contributed by atoms with Crippen molar-refractivity contribution >= 4 is 51.9 Å². The highest BCUT2D eigenvalue weighted by atomic mass is 35.5. The number of aryl methyl sites for hydroxylation is 1. The number of ether oxygens (including phenoxy) is 3. The molecule has 0 saturated heterocycles. The van der Waals surface area contributed by atoms with Crippen LogP contribution in [0.1, 0.15) is 42.0 Å². The van der Waals surface area contributed by atoms with Crippen molar-refractivity contribution in [2.75, 3.05) is 14.2 Å². The van der Waals surface area contributed by atoms with E-state index in [2.05, 4.69) is 18.9 Å². The van der Waals surface area contributed by atoms with Gasteiger partial charge in [0.25, 0.3) is 5.56 Å². The van der Waals surface area contributed by atoms with Crippen molar-refractivity contribution < 1.29 is 14.2 Å². The molecule has 1 heterocycles. The van der Waals surface area contributed by atoms with Gasteiger partial charge in [-0.15, -0.1) is 0 Å². The second-order valence-electron chi connectivity index (χ2n) is 10.4. The molecule has 10 heteroatoms. The fraction of sp³-hybridized carbons (Fsp3) is 0.206. The maximum absolute atomic E-state index is 13.8. The van der Waals surface area contributed by atoms with E-state index in [1.807, 2.05) is 31.2 Å². The van der Waals surface area contributed by atoms with Crippen LogP contribution in [-0.2, 0) is 6.61 Å². The normalized spacial score (nSPS) is 11.5. The molecule has 0 fully saturated rings. The molecule has 0 atom stereocenters. The lowest BCUT2D eigenvalue weighted by atomic mass is 9.96. The zero-order valence-corrected chi connectivity index (χ0v) is 27.1. The highest BCUT2D eigenvalue weighted by Gasteiger charge is 2.19. The summed E-state index contributed by atoms with van der Waals surface area (Å²) in [5, 5.41) is 6.38. The fourth-order valence-electron chi connectivity index (χ4n) is 4.84. The smallest absolute Gasteiger partial charge is 0.282 e. The number of hydrogen-bond donors (Lipinski definition) is 0. The van der Waals surface area contributed by atoms with Gasteiger partial charge in [-0.05, 0) is 78.1 Å². The van der Waals surface area contributed by atoms with Gasteiger partial charge in [0.1, 0.15) is 12.4 Å². The molecule has 0 unspecified atom stereocenters. The van der Waals surface area contributed by atoms with E-state index in [0.29, 0.717) is 48.9 Å². The first kappa shape index (κ1) is 31.4. The summed E-state index contributed by atoms with van der Waals surface area (Å²) in [6.07, 6.45) is 1.54. The van der Waals surface area contributed by atoms with Gasteiger partial charge in [-0.2, -0.15) is 9.78 Å². The van der Waals surface area contributed by atoms with E-state index in [-0.39, 0.29) is 18.1 Å². The van der Waals surface area contributed by atoms with Crippen LogP contribution in [0.25, 0.3) is 22.3 Å². The molecular formula is C34H30Cl3N3O4. The van der Waals surface area contributed by atoms with Crippen LogP contribution in [0.3, 0.4) is 0 Å². The minimum absolute atomic E-state index is 0.153. The Morgan fingerprint density at radius 1 is 0.932 bits per heavy atom. The number of halogens is 3. The molecular weight excluding hydrogens is 621 g/mol. The highest BCUT2D eigenvalue weighted by molar-refractivity contribution is 6.35. The largest absolute Gasteiger partial charge is 0.496 e. The van der Waals surface area contributed by atoms with Gasteiger partial charge in [-0.25, -0.2) is 4.98 Å². The minimum Gasteiger partial charge on any atom is -0.496 e. The average Bonchev–Trinajstić information content (AvgIpc) is 3.00. The van der Waals surface area contributed by atoms with Crippen LogP contribution in [-0.4, -0.2) is 30.1 Å². The third kappa shape index (κ3) is 6.41. The molecule has 0 saturated carbocycles. The summed E-state index contributed by atoms with van der Waals surface area (Å²) in [6.45, 7) is 6.29. The molecule has 0 aliphatic heterocycles. The van der Waals surface area contributed by atoms with E-state index < -0.39 is 0 Å². The Kier molecular flexibility index (Phi) is 9.49. The van der Waals surface area contributed by atoms with Crippen LogP contribution in [0.15, 0.2) is 76.6 Å². The predicted octanol–water partition coefficient (Wildman–Crippen LogP) is 8.93. The van der Waals surface area contributed by atoms with Gasteiger partial charge in [0.2, 0.25) is 0 Å². The van der Waals surface area contributed by atoms with Gasteiger partial charge in [0.05, 0.1) is 36.4 Å². The van der Waals surface area contributed by atoms with Crippen LogP contribution < -0.4 is 19.8 Å². The summed E-state index contributed by atoms with van der Waals surface area (Å²) in [4.78, 5) is 18.7. The van der Waals surface area contributed by atoms with Gasteiger partial charge in [0.15, 0.2) is 17.3 Å². The monoisotopic (exact) mass is 649 g/mol. The predicted molar refractivity (Wildman–Crippen MR) is 179 cm³/mol. The van der Waals surface area contributed by atoms with Crippen molar-refractivity contribution in [2.45, 2.75) is 33.3 Å². The molecule has 0 aliphatic carbocycles. The zero-order chi connectivity index (χ0) is 31.5. The maximum atomic E-state index is 13.8. The molecule has 226 valence electrons. The number of hydrogen-bond acceptors (Lipinski definition) is 6. The number of aromatic nitrogens is 2. The van der Waals surface area contributed by atoms with Crippen molar-refractivity contribution in [3.63, 3.8) is 0 Å². The third-order valence-corrected chi connectivity index (χ3v) is 8.02. The number of fused-ring (bicyclic) bond motifs is 1. The van der Waals surface area contributed by atoms with Crippen molar-refractivity contribution in [3.8, 4) is 28.6 Å². The first-order valence-electron chi connectivity index (χ1n) is 13.8. The van der Waals surface area contributed by atoms with Crippen molar-refractivity contribution in [1.29, 1.82) is 0 Å². The number of nitrogens with zero attached hydrogens (tertiary/aromatic N) is 3. The first-order chi connectivity index (χ1) is 21.1. The molecule has 5 aromatic rings. The Labute approximate surface area is 270 Å². The van der Waals surface area contributed by atoms with E-state index in [1.54, 1.807) is 49.6 Å². The SMILES string of the molecule is COc1cc(C)c(-c2nc3ccccc3c(=O)n2N=Cc2cc(Cl)c(OCc3ccc(Cl)cc3Cl)c(OC)c2)cc1C(C)C. The van der Waals surface area contributed by atoms with E-state index in [4.69, 9.17) is 54.0 Å². The molecule has 0 radical (unpaired) electrons. The lowest BCUT2D eigenvalue weighted by Crippen LogP contribution is -2.20. The molecule has 7 nitrogen and oxygen atoms in total. The summed E-state index contributed by atoms with van der Waals surface area (Å²) in [5.74, 6) is 2.10. The molecule has 0 N–H and O–H groups in total. The Balaban J connectivity index is 1.58. The van der Waals surface area contributed by atoms with Crippen molar-refractivity contribution in [1.82, 2.24) is 9.66 Å². The summed E-state index contributed by atoms with van der Waals surface area (Å²) in [7, 11) is 3.17. The second kappa shape index (κ2) is 13.3. The van der Waals surface area contributed by atoms with Crippen LogP contribution in [0.2, 0.25) is 15.1 Å². The minimum atomic E-state index is -0.305. The molecule has 0 spiro atoms. The summed E-state index contributed by atoms with van der Waals surface area (Å²) in [6, 6.07) is 19.8. The average molecular weight is 651 g/mol. The number of benzene rings is 4. The van der Waals surface area contributed by atoms with Crippen LogP contribution in [0.5, 0.6) is 17.2 Å². The Morgan fingerprint density at radius 3 is 2.39 bits per heavy atom. The van der Waals surface area contributed by atoms with E-state index in [0.717, 1.165) is 28.0 Å². The van der Waals surface area contributed by atoms with E-state index in [1.165, 1.54) is 18.0 Å². The van der Waals surface area contributed by atoms with Crippen molar-refractivity contribution in [2.24, 2.45) is 5.10 Å². The maximum Gasteiger partial charge on any atom is 0.282 e. The zero-order valence-electron chi connectivity index (χ0n) is 24.8. The van der Waals surface area contributed by atoms with Crippen molar-refractivity contribution in [3.05, 3.63) is 114 Å². The topological polar surface area (TPSA) is 74.9 Å². The Morgan fingerprint density at radius 2 is 1.68 bits per heavy atom. The van der Waals surface area contributed by atoms with Gasteiger partial charge in [-0.1, -0.05) is 66.8 Å². The molecule has 44 heavy (non-hydrogen) atoms. The molecule has 5 rings (SSSR count). The third-order valence-electron chi connectivity index (χ3n) is 7.15. The van der Waals surface area contributed by atoms with Crippen LogP contribution >= 0.6 is 34.8 Å². The summed E-state index contributed by atoms with van der Waals surface area (Å²) < 4.78 is 18.5. The second-order valence-corrected chi connectivity index (χ2v) is 11.7. The summed E-state index contributed by atoms with van der Waals surface area (Å²) in [5.41, 5.74) is 4.26. The van der Waals surface area contributed by atoms with Gasteiger partial charge in [-0.3, -0.25) is 4.79 Å². The number of para-hydroxylation sites is 1. The Hall–Kier alpha value is -4.04. The van der Waals surface area contributed by atoms with Gasteiger partial charge >= 0.3 is 0 Å². The molecule has 4 aromatic carbocycles. The van der Waals surface area contributed by atoms with Crippen LogP contribution in [0, 0.1) is 6.92 Å². The molecule has 0 bridgehead atoms. The van der Waals surface area contributed by atoms with Crippen LogP contribution in [0.4, 0.5) is 0 Å². The Bertz CT molecular complexity index is 1950. The highest BCUT2D eigenvalue weighted by Crippen LogP contribution is 2.38. The first-order valence-corrected chi connectivity index (χ1v) is 14.9. The van der Waals surface area contributed by atoms with Gasteiger partial charge < -0.3 is 14.2 Å². The standard InChI is InChI=1S/C34H30Cl3N3O4/c1-19(2)25-16-26(20(3)12-30(25)42-4)33-39-29-9-7-6-8-24(29)34(41)40(33)38-17-21-13-28(37)32(31(14-21)43-5)44-18-22-10-11-23(35)15-27(22)36/h6-17,19H,18H2,1-5H3. The van der Waals surface area contributed by atoms with Gasteiger partial charge in [0, 0.05) is 21.2 Å².